The van der Waals surface area contributed by atoms with Crippen LogP contribution in [0.15, 0.2) is 18.2 Å². The standard InChI is InChI=1S/C10H12.2Y/c1-10(2,3)9-7-5-4-6-8-9;;/h4-5,8H,1-3H3;;/q-2;;. The van der Waals surface area contributed by atoms with E-state index in [-0.39, 0.29) is 70.8 Å². The normalized spacial score (nSPS) is 9.58. The number of rotatable bonds is 0. The van der Waals surface area contributed by atoms with Crippen LogP contribution in [0.3, 0.4) is 0 Å². The van der Waals surface area contributed by atoms with Crippen molar-refractivity contribution >= 4 is 0 Å². The van der Waals surface area contributed by atoms with Crippen LogP contribution in [0, 0.1) is 12.1 Å². The monoisotopic (exact) mass is 310 g/mol. The second-order valence-electron chi connectivity index (χ2n) is 3.45. The molecule has 0 amide bonds. The zero-order valence-electron chi connectivity index (χ0n) is 7.89. The Bertz CT molecular complexity index is 199. The molecule has 0 saturated carbocycles. The number of hydrogen-bond donors (Lipinski definition) is 0. The fourth-order valence-corrected chi connectivity index (χ4v) is 0.786. The van der Waals surface area contributed by atoms with Crippen molar-refractivity contribution in [1.29, 1.82) is 0 Å². The maximum absolute atomic E-state index is 3.18. The van der Waals surface area contributed by atoms with E-state index in [2.05, 4.69) is 32.9 Å². The predicted molar refractivity (Wildman–Crippen MR) is 42.8 cm³/mol. The fraction of sp³-hybridized carbons (Fsp3) is 0.400. The van der Waals surface area contributed by atoms with Gasteiger partial charge in [0.1, 0.15) is 0 Å². The molecule has 0 heterocycles. The summed E-state index contributed by atoms with van der Waals surface area (Å²) in [5.74, 6) is 0. The maximum atomic E-state index is 3.18. The molecule has 0 aliphatic heterocycles. The van der Waals surface area contributed by atoms with Gasteiger partial charge in [0.25, 0.3) is 0 Å². The Balaban J connectivity index is 0. The summed E-state index contributed by atoms with van der Waals surface area (Å²) in [6.45, 7) is 6.52. The van der Waals surface area contributed by atoms with Gasteiger partial charge < -0.3 is 12.1 Å². The topological polar surface area (TPSA) is 0 Å². The Morgan fingerprint density at radius 2 is 1.67 bits per heavy atom. The van der Waals surface area contributed by atoms with Gasteiger partial charge >= 0.3 is 0 Å². The average Bonchev–Trinajstić information content (AvgIpc) is 1.88. The molecule has 1 aromatic carbocycles. The molecule has 0 aromatic heterocycles. The van der Waals surface area contributed by atoms with Crippen LogP contribution >= 0.6 is 0 Å². The van der Waals surface area contributed by atoms with E-state index in [0.717, 1.165) is 0 Å². The minimum Gasteiger partial charge on any atom is -0.319 e. The van der Waals surface area contributed by atoms with Crippen molar-refractivity contribution in [2.45, 2.75) is 26.2 Å². The van der Waals surface area contributed by atoms with Crippen molar-refractivity contribution in [3.8, 4) is 0 Å². The van der Waals surface area contributed by atoms with Crippen LogP contribution in [0.4, 0.5) is 0 Å². The first kappa shape index (κ1) is 15.9. The Hall–Kier alpha value is 1.43. The average molecular weight is 310 g/mol. The van der Waals surface area contributed by atoms with Gasteiger partial charge in [0, 0.05) is 65.4 Å². The third-order valence-electron chi connectivity index (χ3n) is 1.45. The molecular weight excluding hydrogens is 298 g/mol. The molecule has 0 fully saturated rings. The summed E-state index contributed by atoms with van der Waals surface area (Å²) < 4.78 is 0. The Morgan fingerprint density at radius 1 is 1.08 bits per heavy atom. The molecule has 2 heteroatoms. The summed E-state index contributed by atoms with van der Waals surface area (Å²) in [5.41, 5.74) is 1.42. The Kier molecular flexibility index (Phi) is 9.02. The first-order chi connectivity index (χ1) is 4.61. The van der Waals surface area contributed by atoms with Gasteiger partial charge in [-0.25, -0.2) is 0 Å². The molecule has 0 atom stereocenters. The predicted octanol–water partition coefficient (Wildman–Crippen LogP) is 2.58. The quantitative estimate of drug-likeness (QED) is 0.646. The van der Waals surface area contributed by atoms with Crippen LogP contribution in [0.25, 0.3) is 0 Å². The Morgan fingerprint density at radius 3 is 1.92 bits per heavy atom. The molecule has 1 aromatic rings. The summed E-state index contributed by atoms with van der Waals surface area (Å²) in [5, 5.41) is 0. The largest absolute Gasteiger partial charge is 0.319 e. The van der Waals surface area contributed by atoms with Gasteiger partial charge in [-0.05, 0) is 0 Å². The smallest absolute Gasteiger partial charge is 0 e. The van der Waals surface area contributed by atoms with Crippen LogP contribution in [-0.4, -0.2) is 0 Å². The van der Waals surface area contributed by atoms with Crippen molar-refractivity contribution in [2.75, 3.05) is 0 Å². The zero-order valence-corrected chi connectivity index (χ0v) is 13.6. The van der Waals surface area contributed by atoms with E-state index in [1.807, 2.05) is 18.2 Å². The summed E-state index contributed by atoms with van der Waals surface area (Å²) in [4.78, 5) is 0. The summed E-state index contributed by atoms with van der Waals surface area (Å²) in [7, 11) is 0. The molecule has 12 heavy (non-hydrogen) atoms. The summed E-state index contributed by atoms with van der Waals surface area (Å²) in [6, 6.07) is 12.0. The van der Waals surface area contributed by atoms with E-state index < -0.39 is 0 Å². The van der Waals surface area contributed by atoms with Gasteiger partial charge in [0.2, 0.25) is 0 Å². The summed E-state index contributed by atoms with van der Waals surface area (Å²) >= 11 is 0. The van der Waals surface area contributed by atoms with E-state index in [1.54, 1.807) is 0 Å². The first-order valence-electron chi connectivity index (χ1n) is 3.49. The van der Waals surface area contributed by atoms with Crippen LogP contribution in [0.1, 0.15) is 26.3 Å². The molecule has 0 aliphatic carbocycles. The third kappa shape index (κ3) is 5.22. The van der Waals surface area contributed by atoms with Gasteiger partial charge in [-0.1, -0.05) is 26.2 Å². The van der Waals surface area contributed by atoms with E-state index in [0.29, 0.717) is 0 Å². The van der Waals surface area contributed by atoms with Gasteiger partial charge in [0.15, 0.2) is 0 Å². The molecule has 0 bridgehead atoms. The maximum Gasteiger partial charge on any atom is 0 e. The van der Waals surface area contributed by atoms with Crippen molar-refractivity contribution in [3.63, 3.8) is 0 Å². The second kappa shape index (κ2) is 6.82. The molecule has 1 rings (SSSR count). The van der Waals surface area contributed by atoms with Gasteiger partial charge in [-0.3, -0.25) is 23.8 Å². The molecule has 0 spiro atoms. The first-order valence-corrected chi connectivity index (χ1v) is 3.49. The molecule has 0 saturated heterocycles. The minimum atomic E-state index is 0. The summed E-state index contributed by atoms with van der Waals surface area (Å²) in [6.07, 6.45) is 0. The van der Waals surface area contributed by atoms with Gasteiger partial charge in [0.05, 0.1) is 0 Å². The van der Waals surface area contributed by atoms with Crippen LogP contribution in [-0.2, 0) is 70.8 Å². The van der Waals surface area contributed by atoms with Gasteiger partial charge in [-0.15, -0.1) is 0 Å². The number of benzene rings is 1. The zero-order chi connectivity index (χ0) is 7.61. The van der Waals surface area contributed by atoms with E-state index in [4.69, 9.17) is 0 Å². The molecule has 0 nitrogen and oxygen atoms in total. The SMILES string of the molecule is CC(C)(C)c1[c-]cc[c-]c1.[Y].[Y]. The fourth-order valence-electron chi connectivity index (χ4n) is 0.786. The van der Waals surface area contributed by atoms with Crippen LogP contribution in [0.2, 0.25) is 0 Å². The van der Waals surface area contributed by atoms with Crippen molar-refractivity contribution < 1.29 is 65.4 Å². The molecule has 0 aliphatic rings. The van der Waals surface area contributed by atoms with E-state index in [9.17, 15) is 0 Å². The van der Waals surface area contributed by atoms with Crippen molar-refractivity contribution in [1.82, 2.24) is 0 Å². The molecule has 2 radical (unpaired) electrons. The van der Waals surface area contributed by atoms with Crippen LogP contribution in [0.5, 0.6) is 0 Å². The van der Waals surface area contributed by atoms with E-state index in [1.165, 1.54) is 5.56 Å². The molecular formula is C10H12Y2-2. The third-order valence-corrected chi connectivity index (χ3v) is 1.45. The molecule has 60 valence electrons. The second-order valence-corrected chi connectivity index (χ2v) is 3.45. The minimum absolute atomic E-state index is 0. The van der Waals surface area contributed by atoms with Crippen molar-refractivity contribution in [2.24, 2.45) is 0 Å². The van der Waals surface area contributed by atoms with Crippen LogP contribution < -0.4 is 0 Å². The van der Waals surface area contributed by atoms with Gasteiger partial charge in [-0.2, -0.15) is 0 Å². The molecule has 0 N–H and O–H groups in total. The molecule has 0 unspecified atom stereocenters. The van der Waals surface area contributed by atoms with E-state index >= 15 is 0 Å². The number of hydrogen-bond acceptors (Lipinski definition) is 0. The Labute approximate surface area is 126 Å². The van der Waals surface area contributed by atoms with Crippen molar-refractivity contribution in [3.05, 3.63) is 35.9 Å².